The summed E-state index contributed by atoms with van der Waals surface area (Å²) >= 11 is 0. The number of nitro groups is 1. The number of fused-ring (bicyclic) bond motifs is 3. The average molecular weight is 478 g/mol. The van der Waals surface area contributed by atoms with E-state index in [2.05, 4.69) is 0 Å². The van der Waals surface area contributed by atoms with Crippen LogP contribution in [0.15, 0.2) is 52.1 Å². The number of hydrogen-bond donors (Lipinski definition) is 1. The van der Waals surface area contributed by atoms with E-state index < -0.39 is 22.3 Å². The number of phenols is 1. The van der Waals surface area contributed by atoms with Crippen molar-refractivity contribution in [2.45, 2.75) is 12.6 Å². The number of rotatable bonds is 4. The summed E-state index contributed by atoms with van der Waals surface area (Å²) in [5.74, 6) is 0.453. The summed E-state index contributed by atoms with van der Waals surface area (Å²) in [4.78, 5) is 37.2. The lowest BCUT2D eigenvalue weighted by Gasteiger charge is -2.28. The minimum absolute atomic E-state index is 0.175. The van der Waals surface area contributed by atoms with E-state index in [4.69, 9.17) is 9.47 Å². The molecule has 1 atom stereocenters. The van der Waals surface area contributed by atoms with E-state index in [0.717, 1.165) is 10.1 Å². The molecule has 0 saturated carbocycles. The van der Waals surface area contributed by atoms with Crippen LogP contribution in [0.4, 0.5) is 5.69 Å². The maximum absolute atomic E-state index is 13.4. The summed E-state index contributed by atoms with van der Waals surface area (Å²) in [6.45, 7) is 0.590. The fourth-order valence-electron chi connectivity index (χ4n) is 4.73. The Morgan fingerprint density at radius 3 is 2.49 bits per heavy atom. The van der Waals surface area contributed by atoms with Crippen molar-refractivity contribution in [3.05, 3.63) is 84.7 Å². The van der Waals surface area contributed by atoms with E-state index >= 15 is 0 Å². The fraction of sp³-hybridized carbons (Fsp3) is 0.250. The highest BCUT2D eigenvalue weighted by Crippen LogP contribution is 2.43. The molecule has 2 aromatic heterocycles. The Balaban J connectivity index is 1.90. The molecule has 5 rings (SSSR count). The monoisotopic (exact) mass is 478 g/mol. The van der Waals surface area contributed by atoms with Crippen molar-refractivity contribution in [2.75, 3.05) is 13.7 Å². The van der Waals surface area contributed by atoms with Crippen molar-refractivity contribution in [1.82, 2.24) is 13.7 Å². The second-order valence-corrected chi connectivity index (χ2v) is 8.29. The molecule has 1 N–H and O–H groups in total. The van der Waals surface area contributed by atoms with Crippen LogP contribution in [-0.2, 0) is 25.4 Å². The Labute approximate surface area is 198 Å². The van der Waals surface area contributed by atoms with Crippen LogP contribution in [0.25, 0.3) is 22.2 Å². The Bertz CT molecular complexity index is 1610. The molecule has 0 saturated heterocycles. The first-order chi connectivity index (χ1) is 16.7. The van der Waals surface area contributed by atoms with Crippen LogP contribution in [0.1, 0.15) is 17.4 Å². The lowest BCUT2D eigenvalue weighted by atomic mass is 10.0. The lowest BCUT2D eigenvalue weighted by molar-refractivity contribution is -0.385. The standard InChI is InChI=1S/C24H22N4O7/c1-25-20-18(23(30)26(2)24(25)31)19(13-4-7-15(34-3)8-5-13)27-10-11-35-22(21(20)27)16-12-14(28(32)33)6-9-17(16)29/h4-9,12,22,29H,10-11H2,1-3H3. The van der Waals surface area contributed by atoms with Crippen LogP contribution in [0.3, 0.4) is 0 Å². The molecule has 1 aliphatic rings. The number of aromatic nitrogens is 3. The van der Waals surface area contributed by atoms with Crippen LogP contribution in [-0.4, -0.2) is 37.4 Å². The van der Waals surface area contributed by atoms with E-state index in [0.29, 0.717) is 34.6 Å². The topological polar surface area (TPSA) is 131 Å². The highest BCUT2D eigenvalue weighted by Gasteiger charge is 2.35. The molecule has 0 spiro atoms. The number of benzene rings is 2. The van der Waals surface area contributed by atoms with Gasteiger partial charge in [0.25, 0.3) is 11.2 Å². The molecule has 3 heterocycles. The molecule has 35 heavy (non-hydrogen) atoms. The summed E-state index contributed by atoms with van der Waals surface area (Å²) in [6, 6.07) is 10.9. The zero-order valence-electron chi connectivity index (χ0n) is 19.2. The van der Waals surface area contributed by atoms with Crippen LogP contribution in [0.5, 0.6) is 11.5 Å². The maximum Gasteiger partial charge on any atom is 0.331 e. The number of methoxy groups -OCH3 is 1. The van der Waals surface area contributed by atoms with E-state index in [9.17, 15) is 24.8 Å². The Hall–Kier alpha value is -4.38. The minimum Gasteiger partial charge on any atom is -0.508 e. The predicted molar refractivity (Wildman–Crippen MR) is 127 cm³/mol. The SMILES string of the molecule is COc1ccc(-c2c3c(=O)n(C)c(=O)n(C)c3c3n2CCOC3c2cc([N+](=O)[O-])ccc2O)cc1. The summed E-state index contributed by atoms with van der Waals surface area (Å²) in [5.41, 5.74) is 1.09. The van der Waals surface area contributed by atoms with E-state index in [1.807, 2.05) is 16.7 Å². The van der Waals surface area contributed by atoms with Crippen LogP contribution >= 0.6 is 0 Å². The summed E-state index contributed by atoms with van der Waals surface area (Å²) in [5, 5.41) is 22.3. The highest BCUT2D eigenvalue weighted by atomic mass is 16.6. The third kappa shape index (κ3) is 3.31. The van der Waals surface area contributed by atoms with Crippen molar-refractivity contribution in [2.24, 2.45) is 14.1 Å². The number of ether oxygens (including phenoxy) is 2. The molecule has 1 unspecified atom stereocenters. The van der Waals surface area contributed by atoms with Gasteiger partial charge in [0.2, 0.25) is 0 Å². The molecule has 0 aliphatic carbocycles. The van der Waals surface area contributed by atoms with Gasteiger partial charge in [-0.05, 0) is 35.9 Å². The molecule has 4 aromatic rings. The Morgan fingerprint density at radius 2 is 1.83 bits per heavy atom. The van der Waals surface area contributed by atoms with Crippen molar-refractivity contribution in [3.63, 3.8) is 0 Å². The number of nitro benzene ring substituents is 1. The van der Waals surface area contributed by atoms with Gasteiger partial charge in [0, 0.05) is 38.3 Å². The van der Waals surface area contributed by atoms with Crippen molar-refractivity contribution in [1.29, 1.82) is 0 Å². The largest absolute Gasteiger partial charge is 0.508 e. The van der Waals surface area contributed by atoms with Crippen LogP contribution < -0.4 is 16.0 Å². The smallest absolute Gasteiger partial charge is 0.331 e. The fourth-order valence-corrected chi connectivity index (χ4v) is 4.73. The third-order valence-corrected chi connectivity index (χ3v) is 6.42. The lowest BCUT2D eigenvalue weighted by Crippen LogP contribution is -2.37. The van der Waals surface area contributed by atoms with Crippen LogP contribution in [0, 0.1) is 10.1 Å². The predicted octanol–water partition coefficient (Wildman–Crippen LogP) is 2.45. The van der Waals surface area contributed by atoms with Crippen molar-refractivity contribution in [3.8, 4) is 22.8 Å². The zero-order chi connectivity index (χ0) is 25.0. The van der Waals surface area contributed by atoms with Gasteiger partial charge < -0.3 is 19.1 Å². The molecule has 0 radical (unpaired) electrons. The summed E-state index contributed by atoms with van der Waals surface area (Å²) < 4.78 is 15.6. The first-order valence-electron chi connectivity index (χ1n) is 10.8. The molecular weight excluding hydrogens is 456 g/mol. The van der Waals surface area contributed by atoms with Gasteiger partial charge in [-0.25, -0.2) is 4.79 Å². The molecule has 180 valence electrons. The first kappa shape index (κ1) is 22.4. The van der Waals surface area contributed by atoms with Gasteiger partial charge in [-0.1, -0.05) is 0 Å². The van der Waals surface area contributed by atoms with E-state index in [1.54, 1.807) is 26.3 Å². The van der Waals surface area contributed by atoms with Gasteiger partial charge in [-0.15, -0.1) is 0 Å². The Kier molecular flexibility index (Phi) is 5.21. The van der Waals surface area contributed by atoms with Crippen molar-refractivity contribution >= 4 is 16.6 Å². The van der Waals surface area contributed by atoms with Gasteiger partial charge in [0.1, 0.15) is 17.6 Å². The number of aryl methyl sites for hydroxylation is 1. The maximum atomic E-state index is 13.4. The second kappa shape index (κ2) is 8.13. The summed E-state index contributed by atoms with van der Waals surface area (Å²) in [6.07, 6.45) is -0.948. The number of hydrogen-bond acceptors (Lipinski definition) is 7. The molecule has 0 amide bonds. The van der Waals surface area contributed by atoms with E-state index in [-0.39, 0.29) is 23.6 Å². The van der Waals surface area contributed by atoms with Gasteiger partial charge in [0.15, 0.2) is 0 Å². The number of non-ortho nitro benzene ring substituents is 1. The zero-order valence-corrected chi connectivity index (χ0v) is 19.2. The minimum atomic E-state index is -0.948. The molecular formula is C24H22N4O7. The molecule has 11 heteroatoms. The van der Waals surface area contributed by atoms with Gasteiger partial charge in [-0.3, -0.25) is 24.0 Å². The van der Waals surface area contributed by atoms with Gasteiger partial charge >= 0.3 is 5.69 Å². The normalized spacial score (nSPS) is 15.2. The summed E-state index contributed by atoms with van der Waals surface area (Å²) in [7, 11) is 4.53. The van der Waals surface area contributed by atoms with Gasteiger partial charge in [-0.2, -0.15) is 0 Å². The molecule has 0 bridgehead atoms. The highest BCUT2D eigenvalue weighted by molar-refractivity contribution is 5.96. The third-order valence-electron chi connectivity index (χ3n) is 6.42. The molecule has 2 aromatic carbocycles. The first-order valence-corrected chi connectivity index (χ1v) is 10.8. The average Bonchev–Trinajstić information content (AvgIpc) is 3.22. The quantitative estimate of drug-likeness (QED) is 0.352. The molecule has 11 nitrogen and oxygen atoms in total. The molecule has 0 fully saturated rings. The van der Waals surface area contributed by atoms with Crippen molar-refractivity contribution < 1.29 is 19.5 Å². The molecule has 1 aliphatic heterocycles. The second-order valence-electron chi connectivity index (χ2n) is 8.29. The van der Waals surface area contributed by atoms with E-state index in [1.165, 1.54) is 29.8 Å². The van der Waals surface area contributed by atoms with Crippen LogP contribution in [0.2, 0.25) is 0 Å². The number of nitrogens with zero attached hydrogens (tertiary/aromatic N) is 4. The number of aromatic hydroxyl groups is 1. The Morgan fingerprint density at radius 1 is 1.11 bits per heavy atom. The van der Waals surface area contributed by atoms with Gasteiger partial charge in [0.05, 0.1) is 40.9 Å². The number of phenolic OH excluding ortho intramolecular Hbond substituents is 1.